The fraction of sp³-hybridized carbons (Fsp3) is 0.955. The molecule has 2 heterocycles. The maximum Gasteiger partial charge on any atom is 0.412 e. The summed E-state index contributed by atoms with van der Waals surface area (Å²) in [4.78, 5) is 15.0. The van der Waals surface area contributed by atoms with Crippen molar-refractivity contribution < 1.29 is 24.1 Å². The number of aliphatic hydroxyl groups excluding tert-OH is 1. The summed E-state index contributed by atoms with van der Waals surface area (Å²) in [5, 5.41) is 10.1. The fourth-order valence-electron chi connectivity index (χ4n) is 5.07. The number of nitrogens with zero attached hydrogens (tertiary/aromatic N) is 1. The first kappa shape index (κ1) is 21.8. The molecule has 0 radical (unpaired) electrons. The van der Waals surface area contributed by atoms with E-state index in [1.165, 1.54) is 32.1 Å². The molecule has 0 bridgehead atoms. The van der Waals surface area contributed by atoms with E-state index >= 15 is 0 Å². The van der Waals surface area contributed by atoms with Crippen LogP contribution in [0.25, 0.3) is 0 Å². The largest absolute Gasteiger partial charge is 0.444 e. The Kier molecular flexibility index (Phi) is 6.33. The number of carbonyl (C=O) groups excluding carboxylic acids is 1. The zero-order valence-corrected chi connectivity index (χ0v) is 18.4. The van der Waals surface area contributed by atoms with Crippen LogP contribution in [0, 0.1) is 11.8 Å². The van der Waals surface area contributed by atoms with Crippen LogP contribution in [-0.2, 0) is 14.2 Å². The Hall–Kier alpha value is -0.850. The van der Waals surface area contributed by atoms with Crippen LogP contribution in [0.2, 0.25) is 0 Å². The topological polar surface area (TPSA) is 68.2 Å². The maximum absolute atomic E-state index is 13.2. The lowest BCUT2D eigenvalue weighted by Crippen LogP contribution is -2.51. The van der Waals surface area contributed by atoms with E-state index < -0.39 is 17.6 Å². The van der Waals surface area contributed by atoms with Crippen molar-refractivity contribution in [3.63, 3.8) is 0 Å². The van der Waals surface area contributed by atoms with Crippen LogP contribution >= 0.6 is 0 Å². The zero-order valence-electron chi connectivity index (χ0n) is 18.4. The summed E-state index contributed by atoms with van der Waals surface area (Å²) in [6.07, 6.45) is 6.33. The van der Waals surface area contributed by atoms with Gasteiger partial charge >= 0.3 is 6.09 Å². The summed E-state index contributed by atoms with van der Waals surface area (Å²) in [6, 6.07) is -0.101. The van der Waals surface area contributed by atoms with Crippen molar-refractivity contribution in [1.29, 1.82) is 0 Å². The van der Waals surface area contributed by atoms with Gasteiger partial charge in [0, 0.05) is 5.92 Å². The van der Waals surface area contributed by atoms with Crippen LogP contribution in [0.15, 0.2) is 0 Å². The minimum Gasteiger partial charge on any atom is -0.444 e. The van der Waals surface area contributed by atoms with Gasteiger partial charge in [0.2, 0.25) is 0 Å². The molecule has 3 aliphatic rings. The molecule has 1 saturated carbocycles. The van der Waals surface area contributed by atoms with E-state index in [0.717, 1.165) is 12.8 Å². The van der Waals surface area contributed by atoms with Gasteiger partial charge in [0.05, 0.1) is 12.1 Å². The predicted octanol–water partition coefficient (Wildman–Crippen LogP) is 4.44. The van der Waals surface area contributed by atoms with Gasteiger partial charge in [-0.3, -0.25) is 4.90 Å². The first-order valence-electron chi connectivity index (χ1n) is 11.0. The Morgan fingerprint density at radius 3 is 2.39 bits per heavy atom. The minimum absolute atomic E-state index is 0.0719. The second kappa shape index (κ2) is 8.11. The molecule has 2 unspecified atom stereocenters. The van der Waals surface area contributed by atoms with Gasteiger partial charge in [-0.2, -0.15) is 0 Å². The Bertz CT molecular complexity index is 542. The summed E-state index contributed by atoms with van der Waals surface area (Å²) >= 11 is 0. The van der Waals surface area contributed by atoms with Crippen molar-refractivity contribution in [3.05, 3.63) is 0 Å². The van der Waals surface area contributed by atoms with Crippen LogP contribution in [0.1, 0.15) is 86.5 Å². The van der Waals surface area contributed by atoms with Crippen LogP contribution in [-0.4, -0.2) is 52.0 Å². The predicted molar refractivity (Wildman–Crippen MR) is 107 cm³/mol. The first-order valence-corrected chi connectivity index (χ1v) is 11.0. The maximum atomic E-state index is 13.2. The van der Waals surface area contributed by atoms with Crippen molar-refractivity contribution in [1.82, 2.24) is 4.90 Å². The van der Waals surface area contributed by atoms with Gasteiger partial charge in [-0.05, 0) is 53.4 Å². The van der Waals surface area contributed by atoms with E-state index in [-0.39, 0.29) is 30.3 Å². The molecule has 162 valence electrons. The third-order valence-corrected chi connectivity index (χ3v) is 6.38. The molecule has 5 atom stereocenters. The van der Waals surface area contributed by atoms with Gasteiger partial charge in [0.25, 0.3) is 0 Å². The summed E-state index contributed by atoms with van der Waals surface area (Å²) in [5.74, 6) is 0.662. The molecule has 0 aromatic heterocycles. The molecule has 1 amide bonds. The highest BCUT2D eigenvalue weighted by molar-refractivity contribution is 5.70. The minimum atomic E-state index is -0.771. The molecule has 0 spiro atoms. The van der Waals surface area contributed by atoms with Gasteiger partial charge in [0.15, 0.2) is 6.29 Å². The normalized spacial score (nSPS) is 36.7. The highest BCUT2D eigenvalue weighted by atomic mass is 16.6. The summed E-state index contributed by atoms with van der Waals surface area (Å²) in [5.41, 5.74) is -1.33. The average molecular weight is 398 g/mol. The quantitative estimate of drug-likeness (QED) is 0.762. The molecule has 6 nitrogen and oxygen atoms in total. The monoisotopic (exact) mass is 397 g/mol. The number of ether oxygens (including phenoxy) is 3. The molecule has 3 fully saturated rings. The van der Waals surface area contributed by atoms with E-state index in [1.807, 2.05) is 41.5 Å². The van der Waals surface area contributed by atoms with Crippen LogP contribution < -0.4 is 0 Å². The third kappa shape index (κ3) is 4.82. The number of hydrogen-bond acceptors (Lipinski definition) is 5. The second-order valence-electron chi connectivity index (χ2n) is 10.5. The highest BCUT2D eigenvalue weighted by Crippen LogP contribution is 2.43. The number of hydrogen-bond donors (Lipinski definition) is 1. The summed E-state index contributed by atoms with van der Waals surface area (Å²) in [7, 11) is 0. The molecular weight excluding hydrogens is 358 g/mol. The summed E-state index contributed by atoms with van der Waals surface area (Å²) < 4.78 is 18.0. The first-order chi connectivity index (χ1) is 13.0. The average Bonchev–Trinajstić information content (AvgIpc) is 3.03. The second-order valence-corrected chi connectivity index (χ2v) is 10.5. The van der Waals surface area contributed by atoms with Gasteiger partial charge in [-0.1, -0.05) is 39.0 Å². The highest BCUT2D eigenvalue weighted by Gasteiger charge is 2.55. The van der Waals surface area contributed by atoms with Gasteiger partial charge in [0.1, 0.15) is 17.4 Å². The smallest absolute Gasteiger partial charge is 0.412 e. The molecule has 28 heavy (non-hydrogen) atoms. The Morgan fingerprint density at radius 2 is 1.86 bits per heavy atom. The van der Waals surface area contributed by atoms with Gasteiger partial charge in [-0.15, -0.1) is 0 Å². The number of rotatable bonds is 3. The van der Waals surface area contributed by atoms with E-state index in [0.29, 0.717) is 5.92 Å². The van der Waals surface area contributed by atoms with Crippen molar-refractivity contribution >= 4 is 6.09 Å². The number of carbonyl (C=O) groups is 1. The van der Waals surface area contributed by atoms with Crippen molar-refractivity contribution in [3.8, 4) is 0 Å². The molecule has 3 rings (SSSR count). The van der Waals surface area contributed by atoms with Crippen LogP contribution in [0.3, 0.4) is 0 Å². The molecule has 1 aliphatic carbocycles. The van der Waals surface area contributed by atoms with Crippen LogP contribution in [0.5, 0.6) is 0 Å². The van der Waals surface area contributed by atoms with Crippen LogP contribution in [0.4, 0.5) is 4.79 Å². The van der Waals surface area contributed by atoms with E-state index in [2.05, 4.69) is 0 Å². The molecule has 0 aromatic rings. The molecule has 2 aliphatic heterocycles. The lowest BCUT2D eigenvalue weighted by Gasteiger charge is -2.37. The standard InChI is InChI=1S/C22H39NO5/c1-14-12-17(26-19(14)24)18-16(13-15-10-8-7-9-11-15)23(22(5,6)27-18)20(25)28-21(2,3)4/h14-19,24H,7-13H2,1-6H3/t14-,16?,17-,18?,19-/m1/s1. The molecule has 0 aromatic carbocycles. The molecule has 2 saturated heterocycles. The molecule has 1 N–H and O–H groups in total. The number of aliphatic hydroxyl groups is 1. The SMILES string of the molecule is C[C@@H]1C[C@H](C2OC(C)(C)N(C(=O)OC(C)(C)C)C2CC2CCCCC2)O[C@H]1O. The third-order valence-electron chi connectivity index (χ3n) is 6.38. The van der Waals surface area contributed by atoms with Crippen molar-refractivity contribution in [2.24, 2.45) is 11.8 Å². The molecular formula is C22H39NO5. The zero-order chi connectivity index (χ0) is 20.7. The van der Waals surface area contributed by atoms with E-state index in [4.69, 9.17) is 14.2 Å². The lowest BCUT2D eigenvalue weighted by atomic mass is 9.82. The lowest BCUT2D eigenvalue weighted by molar-refractivity contribution is -0.154. The van der Waals surface area contributed by atoms with E-state index in [1.54, 1.807) is 4.90 Å². The van der Waals surface area contributed by atoms with Crippen molar-refractivity contribution in [2.75, 3.05) is 0 Å². The van der Waals surface area contributed by atoms with E-state index in [9.17, 15) is 9.90 Å². The van der Waals surface area contributed by atoms with Gasteiger partial charge < -0.3 is 19.3 Å². The van der Waals surface area contributed by atoms with Gasteiger partial charge in [-0.25, -0.2) is 4.79 Å². The van der Waals surface area contributed by atoms with Crippen molar-refractivity contribution in [2.45, 2.75) is 122 Å². The fourth-order valence-corrected chi connectivity index (χ4v) is 5.07. The Balaban J connectivity index is 1.85. The molecule has 6 heteroatoms. The number of amides is 1. The Morgan fingerprint density at radius 1 is 1.21 bits per heavy atom. The Labute approximate surface area is 169 Å². The summed E-state index contributed by atoms with van der Waals surface area (Å²) in [6.45, 7) is 11.5.